The smallest absolute Gasteiger partial charge is 0.0739 e. The van der Waals surface area contributed by atoms with E-state index in [4.69, 9.17) is 11.6 Å². The van der Waals surface area contributed by atoms with E-state index in [1.807, 2.05) is 6.92 Å². The number of hydrogen-bond donors (Lipinski definition) is 1. The highest BCUT2D eigenvalue weighted by atomic mass is 35.5. The van der Waals surface area contributed by atoms with Crippen LogP contribution in [0.25, 0.3) is 0 Å². The molecule has 0 aliphatic heterocycles. The van der Waals surface area contributed by atoms with Gasteiger partial charge in [-0.15, -0.1) is 11.6 Å². The average molecular weight is 247 g/mol. The fraction of sp³-hybridized carbons (Fsp3) is 0.833. The van der Waals surface area contributed by atoms with Gasteiger partial charge in [-0.1, -0.05) is 31.8 Å². The monoisotopic (exact) mass is 246 g/mol. The van der Waals surface area contributed by atoms with Crippen LogP contribution >= 0.6 is 11.6 Å². The van der Waals surface area contributed by atoms with Crippen molar-refractivity contribution in [2.45, 2.75) is 62.3 Å². The molecule has 0 bridgehead atoms. The van der Waals surface area contributed by atoms with Gasteiger partial charge in [0.1, 0.15) is 0 Å². The van der Waals surface area contributed by atoms with Gasteiger partial charge in [-0.2, -0.15) is 0 Å². The van der Waals surface area contributed by atoms with Crippen molar-refractivity contribution in [2.24, 2.45) is 0 Å². The highest BCUT2D eigenvalue weighted by molar-refractivity contribution is 6.87. The maximum atomic E-state index is 10.1. The van der Waals surface area contributed by atoms with Crippen LogP contribution in [-0.2, 0) is 0 Å². The molecule has 1 N–H and O–H groups in total. The van der Waals surface area contributed by atoms with Crippen LogP contribution < -0.4 is 0 Å². The van der Waals surface area contributed by atoms with E-state index in [9.17, 15) is 5.11 Å². The van der Waals surface area contributed by atoms with E-state index in [0.717, 1.165) is 24.8 Å². The summed E-state index contributed by atoms with van der Waals surface area (Å²) in [6.07, 6.45) is 3.46. The zero-order valence-corrected chi connectivity index (χ0v) is 12.1. The molecule has 1 rings (SSSR count). The molecule has 88 valence electrons. The lowest BCUT2D eigenvalue weighted by molar-refractivity contribution is 0.0531. The van der Waals surface area contributed by atoms with E-state index in [1.165, 1.54) is 0 Å². The van der Waals surface area contributed by atoms with E-state index in [2.05, 4.69) is 26.2 Å². The SMILES string of the molecule is C=C1C[C@@](C)(O)CCC[C@]1(Cl)[Si](C)(C)C. The predicted molar refractivity (Wildman–Crippen MR) is 70.2 cm³/mol. The summed E-state index contributed by atoms with van der Waals surface area (Å²) < 4.78 is -0.229. The van der Waals surface area contributed by atoms with Gasteiger partial charge >= 0.3 is 0 Å². The van der Waals surface area contributed by atoms with Crippen molar-refractivity contribution in [3.63, 3.8) is 0 Å². The Hall–Kier alpha value is 0.207. The number of hydrogen-bond acceptors (Lipinski definition) is 1. The lowest BCUT2D eigenvalue weighted by Crippen LogP contribution is -2.48. The van der Waals surface area contributed by atoms with Crippen LogP contribution in [0.5, 0.6) is 0 Å². The van der Waals surface area contributed by atoms with Crippen molar-refractivity contribution in [1.82, 2.24) is 0 Å². The van der Waals surface area contributed by atoms with Crippen LogP contribution in [0.4, 0.5) is 0 Å². The standard InChI is InChI=1S/C12H23ClOSi/c1-10-9-11(2,14)7-6-8-12(10,13)15(3,4)5/h14H,1,6-9H2,2-5H3/t11-,12-/m0/s1. The molecule has 0 aromatic carbocycles. The van der Waals surface area contributed by atoms with E-state index in [-0.39, 0.29) is 4.50 Å². The second-order valence-corrected chi connectivity index (χ2v) is 12.5. The fourth-order valence-corrected chi connectivity index (χ4v) is 4.76. The quantitative estimate of drug-likeness (QED) is 0.324. The van der Waals surface area contributed by atoms with E-state index >= 15 is 0 Å². The van der Waals surface area contributed by atoms with Crippen molar-refractivity contribution in [3.05, 3.63) is 12.2 Å². The molecule has 1 fully saturated rings. The third-order valence-corrected chi connectivity index (χ3v) is 8.72. The molecule has 2 atom stereocenters. The number of halogens is 1. The van der Waals surface area contributed by atoms with Gasteiger partial charge in [0.25, 0.3) is 0 Å². The molecule has 3 heteroatoms. The molecule has 0 heterocycles. The average Bonchev–Trinajstić information content (AvgIpc) is 2.08. The van der Waals surface area contributed by atoms with Crippen LogP contribution in [0.2, 0.25) is 19.6 Å². The third kappa shape index (κ3) is 2.66. The summed E-state index contributed by atoms with van der Waals surface area (Å²) in [5, 5.41) is 10.1. The molecule has 15 heavy (non-hydrogen) atoms. The Morgan fingerprint density at radius 3 is 2.33 bits per heavy atom. The molecule has 0 spiro atoms. The second kappa shape index (κ2) is 3.90. The van der Waals surface area contributed by atoms with Gasteiger partial charge in [0.05, 0.1) is 18.2 Å². The summed E-state index contributed by atoms with van der Waals surface area (Å²) in [4.78, 5) is 0. The van der Waals surface area contributed by atoms with Gasteiger partial charge in [0, 0.05) is 0 Å². The first-order valence-electron chi connectivity index (χ1n) is 5.68. The molecule has 0 saturated heterocycles. The van der Waals surface area contributed by atoms with Crippen molar-refractivity contribution < 1.29 is 5.11 Å². The summed E-state index contributed by atoms with van der Waals surface area (Å²) in [5.41, 5.74) is 0.443. The molecule has 1 saturated carbocycles. The number of alkyl halides is 1. The molecule has 1 aliphatic rings. The molecule has 0 aromatic rings. The molecule has 0 radical (unpaired) electrons. The van der Waals surface area contributed by atoms with Gasteiger partial charge in [-0.05, 0) is 32.6 Å². The molecule has 0 amide bonds. The Morgan fingerprint density at radius 1 is 1.33 bits per heavy atom. The van der Waals surface area contributed by atoms with E-state index in [0.29, 0.717) is 6.42 Å². The summed E-state index contributed by atoms with van der Waals surface area (Å²) in [7, 11) is -1.48. The lowest BCUT2D eigenvalue weighted by Gasteiger charge is -2.39. The summed E-state index contributed by atoms with van der Waals surface area (Å²) in [5.74, 6) is 0. The Balaban J connectivity index is 2.98. The van der Waals surface area contributed by atoms with Crippen molar-refractivity contribution >= 4 is 19.7 Å². The summed E-state index contributed by atoms with van der Waals surface area (Å²) in [6, 6.07) is 0. The minimum absolute atomic E-state index is 0.229. The molecule has 1 nitrogen and oxygen atoms in total. The van der Waals surface area contributed by atoms with Gasteiger partial charge in [-0.3, -0.25) is 0 Å². The predicted octanol–water partition coefficient (Wildman–Crippen LogP) is 3.72. The summed E-state index contributed by atoms with van der Waals surface area (Å²) in [6.45, 7) is 12.9. The largest absolute Gasteiger partial charge is 0.390 e. The highest BCUT2D eigenvalue weighted by Gasteiger charge is 2.46. The van der Waals surface area contributed by atoms with Gasteiger partial charge < -0.3 is 5.11 Å². The van der Waals surface area contributed by atoms with Crippen molar-refractivity contribution in [3.8, 4) is 0 Å². The lowest BCUT2D eigenvalue weighted by atomic mass is 9.95. The van der Waals surface area contributed by atoms with Gasteiger partial charge in [0.15, 0.2) is 0 Å². The van der Waals surface area contributed by atoms with Crippen LogP contribution in [0, 0.1) is 0 Å². The Labute approximate surface area is 99.5 Å². The van der Waals surface area contributed by atoms with Crippen LogP contribution in [0.1, 0.15) is 32.6 Å². The maximum Gasteiger partial charge on any atom is 0.0739 e. The normalized spacial score (nSPS) is 38.9. The topological polar surface area (TPSA) is 20.2 Å². The first-order chi connectivity index (χ1) is 6.58. The third-order valence-electron chi connectivity index (χ3n) is 3.58. The zero-order valence-electron chi connectivity index (χ0n) is 10.4. The number of rotatable bonds is 1. The Bertz CT molecular complexity index is 267. The van der Waals surface area contributed by atoms with Gasteiger partial charge in [0.2, 0.25) is 0 Å². The minimum Gasteiger partial charge on any atom is -0.390 e. The highest BCUT2D eigenvalue weighted by Crippen LogP contribution is 2.45. The summed E-state index contributed by atoms with van der Waals surface area (Å²) >= 11 is 6.78. The van der Waals surface area contributed by atoms with Crippen molar-refractivity contribution in [1.29, 1.82) is 0 Å². The molecular weight excluding hydrogens is 224 g/mol. The van der Waals surface area contributed by atoms with Gasteiger partial charge in [-0.25, -0.2) is 0 Å². The van der Waals surface area contributed by atoms with Crippen LogP contribution in [-0.4, -0.2) is 23.3 Å². The van der Waals surface area contributed by atoms with Crippen LogP contribution in [0.15, 0.2) is 12.2 Å². The molecule has 0 unspecified atom stereocenters. The Morgan fingerprint density at radius 2 is 1.87 bits per heavy atom. The van der Waals surface area contributed by atoms with E-state index in [1.54, 1.807) is 0 Å². The van der Waals surface area contributed by atoms with E-state index < -0.39 is 13.7 Å². The second-order valence-electron chi connectivity index (χ2n) is 6.18. The zero-order chi connectivity index (χ0) is 11.9. The first kappa shape index (κ1) is 13.3. The fourth-order valence-electron chi connectivity index (χ4n) is 2.48. The Kier molecular flexibility index (Phi) is 3.45. The molecule has 1 aliphatic carbocycles. The first-order valence-corrected chi connectivity index (χ1v) is 9.56. The van der Waals surface area contributed by atoms with Crippen LogP contribution in [0.3, 0.4) is 0 Å². The minimum atomic E-state index is -1.48. The molecular formula is C12H23ClOSi. The van der Waals surface area contributed by atoms with Crippen molar-refractivity contribution in [2.75, 3.05) is 0 Å². The molecule has 0 aromatic heterocycles. The maximum absolute atomic E-state index is 10.1. The number of aliphatic hydroxyl groups is 1.